The number of hydrogen-bond acceptors (Lipinski definition) is 4. The van der Waals surface area contributed by atoms with E-state index in [2.05, 4.69) is 6.07 Å². The van der Waals surface area contributed by atoms with Crippen molar-refractivity contribution in [2.24, 2.45) is 5.92 Å². The van der Waals surface area contributed by atoms with Crippen LogP contribution in [-0.4, -0.2) is 43.7 Å². The van der Waals surface area contributed by atoms with Gasteiger partial charge in [0.1, 0.15) is 0 Å². The number of sulfonamides is 1. The minimum Gasteiger partial charge on any atom is -0.341 e. The van der Waals surface area contributed by atoms with Crippen molar-refractivity contribution in [2.75, 3.05) is 20.1 Å². The van der Waals surface area contributed by atoms with Crippen LogP contribution in [0.3, 0.4) is 0 Å². The number of hydrogen-bond donors (Lipinski definition) is 0. The summed E-state index contributed by atoms with van der Waals surface area (Å²) in [6.45, 7) is 6.78. The van der Waals surface area contributed by atoms with Gasteiger partial charge in [0.25, 0.3) is 0 Å². The van der Waals surface area contributed by atoms with Gasteiger partial charge < -0.3 is 4.90 Å². The number of benzene rings is 2. The van der Waals surface area contributed by atoms with Gasteiger partial charge in [-0.3, -0.25) is 4.79 Å². The molecule has 164 valence electrons. The minimum atomic E-state index is -3.58. The van der Waals surface area contributed by atoms with Crippen molar-refractivity contribution in [3.05, 3.63) is 64.2 Å². The lowest BCUT2D eigenvalue weighted by Crippen LogP contribution is -2.43. The Balaban J connectivity index is 1.64. The second-order valence-corrected chi connectivity index (χ2v) is 10.3. The molecule has 0 spiro atoms. The van der Waals surface area contributed by atoms with E-state index in [0.717, 1.165) is 22.3 Å². The van der Waals surface area contributed by atoms with Crippen molar-refractivity contribution in [3.63, 3.8) is 0 Å². The summed E-state index contributed by atoms with van der Waals surface area (Å²) in [4.78, 5) is 15.0. The lowest BCUT2D eigenvalue weighted by molar-refractivity contribution is -0.135. The molecular weight excluding hydrogens is 410 g/mol. The number of rotatable bonds is 5. The monoisotopic (exact) mass is 439 g/mol. The summed E-state index contributed by atoms with van der Waals surface area (Å²) in [5.74, 6) is -0.154. The molecule has 1 amide bonds. The molecule has 2 aromatic carbocycles. The zero-order valence-electron chi connectivity index (χ0n) is 18.6. The number of amides is 1. The van der Waals surface area contributed by atoms with Crippen LogP contribution in [0.2, 0.25) is 0 Å². The first-order valence-electron chi connectivity index (χ1n) is 10.5. The average Bonchev–Trinajstić information content (AvgIpc) is 2.73. The molecule has 7 heteroatoms. The molecular formula is C24H29N3O3S. The third kappa shape index (κ3) is 4.97. The molecule has 0 saturated carbocycles. The first kappa shape index (κ1) is 23.0. The minimum absolute atomic E-state index is 0.0316. The normalized spacial score (nSPS) is 15.5. The fraction of sp³-hybridized carbons (Fsp3) is 0.417. The highest BCUT2D eigenvalue weighted by Crippen LogP contribution is 2.29. The lowest BCUT2D eigenvalue weighted by Gasteiger charge is -2.33. The van der Waals surface area contributed by atoms with Crippen molar-refractivity contribution >= 4 is 15.9 Å². The summed E-state index contributed by atoms with van der Waals surface area (Å²) < 4.78 is 28.0. The molecule has 3 rings (SSSR count). The molecule has 0 atom stereocenters. The van der Waals surface area contributed by atoms with E-state index >= 15 is 0 Å². The molecule has 0 unspecified atom stereocenters. The molecule has 0 aromatic heterocycles. The number of nitriles is 1. The smallest absolute Gasteiger partial charge is 0.243 e. The van der Waals surface area contributed by atoms with E-state index in [9.17, 15) is 13.2 Å². The van der Waals surface area contributed by atoms with Gasteiger partial charge in [-0.25, -0.2) is 8.42 Å². The average molecular weight is 440 g/mol. The van der Waals surface area contributed by atoms with Crippen LogP contribution in [-0.2, 0) is 21.4 Å². The zero-order chi connectivity index (χ0) is 22.8. The number of carbonyl (C=O) groups excluding carboxylic acids is 1. The third-order valence-electron chi connectivity index (χ3n) is 5.88. The van der Waals surface area contributed by atoms with Crippen molar-refractivity contribution < 1.29 is 13.2 Å². The Kier molecular flexibility index (Phi) is 6.83. The molecule has 2 aromatic rings. The van der Waals surface area contributed by atoms with Crippen LogP contribution in [0.25, 0.3) is 0 Å². The van der Waals surface area contributed by atoms with Gasteiger partial charge in [-0.1, -0.05) is 29.8 Å². The first-order valence-corrected chi connectivity index (χ1v) is 11.9. The van der Waals surface area contributed by atoms with Gasteiger partial charge in [0.15, 0.2) is 0 Å². The van der Waals surface area contributed by atoms with Crippen molar-refractivity contribution in [1.82, 2.24) is 9.21 Å². The Morgan fingerprint density at radius 1 is 1.10 bits per heavy atom. The summed E-state index contributed by atoms with van der Waals surface area (Å²) in [7, 11) is -1.82. The van der Waals surface area contributed by atoms with E-state index in [0.29, 0.717) is 42.9 Å². The predicted molar refractivity (Wildman–Crippen MR) is 120 cm³/mol. The number of aryl methyl sites for hydroxylation is 3. The SMILES string of the molecule is Cc1cc(C)c(S(=O)(=O)N2CCC(C(=O)N(C)Cc3ccc(C#N)cc3)CC2)c(C)c1. The maximum Gasteiger partial charge on any atom is 0.243 e. The second-order valence-electron chi connectivity index (χ2n) is 8.41. The molecule has 0 aliphatic carbocycles. The molecule has 0 radical (unpaired) electrons. The van der Waals surface area contributed by atoms with Gasteiger partial charge in [0, 0.05) is 32.6 Å². The largest absolute Gasteiger partial charge is 0.341 e. The molecule has 1 aliphatic heterocycles. The maximum absolute atomic E-state index is 13.3. The number of piperidine rings is 1. The van der Waals surface area contributed by atoms with Crippen LogP contribution in [0.5, 0.6) is 0 Å². The second kappa shape index (κ2) is 9.21. The number of nitrogens with zero attached hydrogens (tertiary/aromatic N) is 3. The van der Waals surface area contributed by atoms with E-state index < -0.39 is 10.0 Å². The molecule has 0 bridgehead atoms. The van der Waals surface area contributed by atoms with Crippen molar-refractivity contribution in [2.45, 2.75) is 45.1 Å². The van der Waals surface area contributed by atoms with Crippen LogP contribution in [0.4, 0.5) is 0 Å². The number of carbonyl (C=O) groups is 1. The molecule has 1 saturated heterocycles. The Morgan fingerprint density at radius 3 is 2.16 bits per heavy atom. The molecule has 6 nitrogen and oxygen atoms in total. The van der Waals surface area contributed by atoms with E-state index in [4.69, 9.17) is 5.26 Å². The summed E-state index contributed by atoms with van der Waals surface area (Å²) in [5.41, 5.74) is 4.12. The van der Waals surface area contributed by atoms with Gasteiger partial charge in [-0.2, -0.15) is 9.57 Å². The quantitative estimate of drug-likeness (QED) is 0.714. The van der Waals surface area contributed by atoms with Crippen LogP contribution in [0.1, 0.15) is 40.7 Å². The highest BCUT2D eigenvalue weighted by molar-refractivity contribution is 7.89. The van der Waals surface area contributed by atoms with Gasteiger partial charge >= 0.3 is 0 Å². The topological polar surface area (TPSA) is 81.5 Å². The van der Waals surface area contributed by atoms with E-state index in [1.54, 1.807) is 24.1 Å². The fourth-order valence-electron chi connectivity index (χ4n) is 4.39. The maximum atomic E-state index is 13.3. The summed E-state index contributed by atoms with van der Waals surface area (Å²) in [6, 6.07) is 13.1. The van der Waals surface area contributed by atoms with Crippen LogP contribution in [0, 0.1) is 38.0 Å². The highest BCUT2D eigenvalue weighted by Gasteiger charge is 2.34. The lowest BCUT2D eigenvalue weighted by atomic mass is 9.96. The Hall–Kier alpha value is -2.69. The predicted octanol–water partition coefficient (Wildman–Crippen LogP) is 3.54. The fourth-order valence-corrected chi connectivity index (χ4v) is 6.28. The van der Waals surface area contributed by atoms with Crippen LogP contribution < -0.4 is 0 Å². The standard InChI is InChI=1S/C24H29N3O3S/c1-17-13-18(2)23(19(3)14-17)31(29,30)27-11-9-22(10-12-27)24(28)26(4)16-21-7-5-20(15-25)6-8-21/h5-8,13-14,22H,9-12,16H2,1-4H3. The molecule has 31 heavy (non-hydrogen) atoms. The van der Waals surface area contributed by atoms with Crippen LogP contribution in [0.15, 0.2) is 41.3 Å². The molecule has 1 fully saturated rings. The van der Waals surface area contributed by atoms with Crippen LogP contribution >= 0.6 is 0 Å². The molecule has 0 N–H and O–H groups in total. The van der Waals surface area contributed by atoms with Crippen molar-refractivity contribution in [3.8, 4) is 6.07 Å². The van der Waals surface area contributed by atoms with Gasteiger partial charge in [0.05, 0.1) is 16.5 Å². The Labute approximate surface area is 185 Å². The summed E-state index contributed by atoms with van der Waals surface area (Å²) >= 11 is 0. The van der Waals surface area contributed by atoms with Gasteiger partial charge in [-0.15, -0.1) is 0 Å². The van der Waals surface area contributed by atoms with Gasteiger partial charge in [-0.05, 0) is 62.4 Å². The van der Waals surface area contributed by atoms with E-state index in [1.807, 2.05) is 45.0 Å². The Bertz CT molecular complexity index is 1090. The first-order chi connectivity index (χ1) is 14.6. The third-order valence-corrected chi connectivity index (χ3v) is 8.09. The summed E-state index contributed by atoms with van der Waals surface area (Å²) in [6.07, 6.45) is 1.03. The molecule has 1 heterocycles. The van der Waals surface area contributed by atoms with E-state index in [1.165, 1.54) is 4.31 Å². The highest BCUT2D eigenvalue weighted by atomic mass is 32.2. The Morgan fingerprint density at radius 2 is 1.65 bits per heavy atom. The van der Waals surface area contributed by atoms with E-state index in [-0.39, 0.29) is 11.8 Å². The molecule has 1 aliphatic rings. The summed E-state index contributed by atoms with van der Waals surface area (Å²) in [5, 5.41) is 8.90. The zero-order valence-corrected chi connectivity index (χ0v) is 19.4. The van der Waals surface area contributed by atoms with Crippen molar-refractivity contribution in [1.29, 1.82) is 5.26 Å². The van der Waals surface area contributed by atoms with Gasteiger partial charge in [0.2, 0.25) is 15.9 Å².